The number of para-hydroxylation sites is 2. The summed E-state index contributed by atoms with van der Waals surface area (Å²) in [7, 11) is -1.92. The first-order valence-electron chi connectivity index (χ1n) is 9.62. The predicted molar refractivity (Wildman–Crippen MR) is 124 cm³/mol. The summed E-state index contributed by atoms with van der Waals surface area (Å²) in [4.78, 5) is 25.0. The Kier molecular flexibility index (Phi) is 6.10. The lowest BCUT2D eigenvalue weighted by molar-refractivity contribution is -0.115. The maximum atomic E-state index is 12.7. The van der Waals surface area contributed by atoms with Crippen molar-refractivity contribution < 1.29 is 13.2 Å². The number of aromatic nitrogens is 4. The van der Waals surface area contributed by atoms with Gasteiger partial charge in [0.2, 0.25) is 11.9 Å². The van der Waals surface area contributed by atoms with E-state index in [0.29, 0.717) is 5.69 Å². The van der Waals surface area contributed by atoms with E-state index in [1.165, 1.54) is 48.4 Å². The molecule has 0 aliphatic rings. The molecule has 0 bridgehead atoms. The number of anilines is 2. The molecule has 0 spiro atoms. The quantitative estimate of drug-likeness (QED) is 0.400. The normalized spacial score (nSPS) is 12.4. The van der Waals surface area contributed by atoms with Crippen LogP contribution >= 0.6 is 11.8 Å². The summed E-state index contributed by atoms with van der Waals surface area (Å²) in [5.41, 5.74) is 2.35. The molecule has 2 heterocycles. The van der Waals surface area contributed by atoms with Gasteiger partial charge in [-0.3, -0.25) is 4.79 Å². The molecule has 2 aromatic carbocycles. The molecule has 1 atom stereocenters. The van der Waals surface area contributed by atoms with Crippen LogP contribution in [-0.2, 0) is 21.9 Å². The molecule has 0 aliphatic carbocycles. The SMILES string of the molecule is C[C@@H](Sc1nc2ccccc2n1C)C(=O)Nc1ccc(S(=O)(=O)Nc2ncccn2)cc1. The Balaban J connectivity index is 1.41. The molecule has 4 rings (SSSR count). The van der Waals surface area contributed by atoms with Crippen LogP contribution in [0.3, 0.4) is 0 Å². The van der Waals surface area contributed by atoms with Crippen LogP contribution in [0.4, 0.5) is 11.6 Å². The number of hydrogen-bond acceptors (Lipinski definition) is 7. The lowest BCUT2D eigenvalue weighted by atomic mass is 10.3. The third-order valence-electron chi connectivity index (χ3n) is 4.62. The molecule has 32 heavy (non-hydrogen) atoms. The van der Waals surface area contributed by atoms with E-state index in [2.05, 4.69) is 25.0 Å². The molecule has 0 unspecified atom stereocenters. The number of benzene rings is 2. The summed E-state index contributed by atoms with van der Waals surface area (Å²) in [6.45, 7) is 1.79. The van der Waals surface area contributed by atoms with E-state index in [1.807, 2.05) is 35.9 Å². The van der Waals surface area contributed by atoms with Crippen molar-refractivity contribution in [2.24, 2.45) is 7.05 Å². The van der Waals surface area contributed by atoms with Crippen LogP contribution in [0.15, 0.2) is 77.0 Å². The zero-order valence-corrected chi connectivity index (χ0v) is 18.9. The fraction of sp³-hybridized carbons (Fsp3) is 0.143. The van der Waals surface area contributed by atoms with Gasteiger partial charge in [-0.05, 0) is 49.4 Å². The van der Waals surface area contributed by atoms with E-state index in [4.69, 9.17) is 0 Å². The molecule has 9 nitrogen and oxygen atoms in total. The number of rotatable bonds is 7. The summed E-state index contributed by atoms with van der Waals surface area (Å²) in [5, 5.41) is 3.14. The lowest BCUT2D eigenvalue weighted by Crippen LogP contribution is -2.23. The van der Waals surface area contributed by atoms with Gasteiger partial charge in [0.25, 0.3) is 10.0 Å². The van der Waals surface area contributed by atoms with Gasteiger partial charge in [0, 0.05) is 25.1 Å². The van der Waals surface area contributed by atoms with Crippen LogP contribution in [0.25, 0.3) is 11.0 Å². The smallest absolute Gasteiger partial charge is 0.264 e. The highest BCUT2D eigenvalue weighted by Crippen LogP contribution is 2.27. The molecule has 0 saturated carbocycles. The van der Waals surface area contributed by atoms with Crippen molar-refractivity contribution >= 4 is 50.4 Å². The topological polar surface area (TPSA) is 119 Å². The standard InChI is InChI=1S/C21H20N6O3S2/c1-14(31-21-25-17-6-3-4-7-18(17)27(21)2)19(28)24-15-8-10-16(11-9-15)32(29,30)26-20-22-12-5-13-23-20/h3-14H,1-2H3,(H,24,28)(H,22,23,26)/t14-/m1/s1. The number of fused-ring (bicyclic) bond motifs is 1. The molecule has 2 N–H and O–H groups in total. The van der Waals surface area contributed by atoms with Gasteiger partial charge in [-0.1, -0.05) is 23.9 Å². The number of nitrogens with one attached hydrogen (secondary N) is 2. The summed E-state index contributed by atoms with van der Waals surface area (Å²) in [5.74, 6) is -0.230. The van der Waals surface area contributed by atoms with Crippen molar-refractivity contribution in [1.82, 2.24) is 19.5 Å². The lowest BCUT2D eigenvalue weighted by Gasteiger charge is -2.12. The van der Waals surface area contributed by atoms with E-state index in [9.17, 15) is 13.2 Å². The molecule has 164 valence electrons. The Hall–Kier alpha value is -3.44. The highest BCUT2D eigenvalue weighted by Gasteiger charge is 2.19. The second-order valence-corrected chi connectivity index (χ2v) is 9.88. The van der Waals surface area contributed by atoms with Crippen molar-refractivity contribution in [2.45, 2.75) is 22.2 Å². The van der Waals surface area contributed by atoms with E-state index in [0.717, 1.165) is 16.2 Å². The van der Waals surface area contributed by atoms with E-state index in [1.54, 1.807) is 13.0 Å². The van der Waals surface area contributed by atoms with Crippen LogP contribution in [0.1, 0.15) is 6.92 Å². The second kappa shape index (κ2) is 8.97. The maximum absolute atomic E-state index is 12.7. The molecule has 1 amide bonds. The minimum absolute atomic E-state index is 0.0160. The minimum atomic E-state index is -3.84. The number of thioether (sulfide) groups is 1. The number of imidazole rings is 1. The van der Waals surface area contributed by atoms with Crippen LogP contribution < -0.4 is 10.0 Å². The first-order valence-corrected chi connectivity index (χ1v) is 12.0. The Bertz CT molecular complexity index is 1360. The van der Waals surface area contributed by atoms with Gasteiger partial charge in [0.15, 0.2) is 5.16 Å². The number of hydrogen-bond donors (Lipinski definition) is 2. The Labute approximate surface area is 189 Å². The van der Waals surface area contributed by atoms with Crippen molar-refractivity contribution in [1.29, 1.82) is 0 Å². The zero-order valence-electron chi connectivity index (χ0n) is 17.3. The number of carbonyl (C=O) groups is 1. The number of aryl methyl sites for hydroxylation is 1. The summed E-state index contributed by atoms with van der Waals surface area (Å²) in [6.07, 6.45) is 2.88. The first-order chi connectivity index (χ1) is 15.3. The van der Waals surface area contributed by atoms with Crippen molar-refractivity contribution in [3.8, 4) is 0 Å². The van der Waals surface area contributed by atoms with E-state index < -0.39 is 15.3 Å². The minimum Gasteiger partial charge on any atom is -0.325 e. The van der Waals surface area contributed by atoms with Crippen molar-refractivity contribution in [3.63, 3.8) is 0 Å². The third-order valence-corrected chi connectivity index (χ3v) is 7.11. The number of carbonyl (C=O) groups excluding carboxylic acids is 1. The molecular weight excluding hydrogens is 448 g/mol. The molecule has 0 saturated heterocycles. The van der Waals surface area contributed by atoms with Gasteiger partial charge >= 0.3 is 0 Å². The Morgan fingerprint density at radius 2 is 1.72 bits per heavy atom. The molecule has 4 aromatic rings. The van der Waals surface area contributed by atoms with Crippen LogP contribution in [0, 0.1) is 0 Å². The Morgan fingerprint density at radius 1 is 1.03 bits per heavy atom. The fourth-order valence-electron chi connectivity index (χ4n) is 2.93. The van der Waals surface area contributed by atoms with Gasteiger partial charge in [-0.2, -0.15) is 0 Å². The summed E-state index contributed by atoms with van der Waals surface area (Å²) < 4.78 is 29.2. The van der Waals surface area contributed by atoms with E-state index in [-0.39, 0.29) is 16.8 Å². The largest absolute Gasteiger partial charge is 0.325 e. The van der Waals surface area contributed by atoms with Crippen molar-refractivity contribution in [2.75, 3.05) is 10.0 Å². The van der Waals surface area contributed by atoms with Gasteiger partial charge in [-0.15, -0.1) is 0 Å². The fourth-order valence-corrected chi connectivity index (χ4v) is 4.78. The Morgan fingerprint density at radius 3 is 2.41 bits per heavy atom. The molecule has 0 aliphatic heterocycles. The summed E-state index contributed by atoms with van der Waals surface area (Å²) >= 11 is 1.35. The van der Waals surface area contributed by atoms with E-state index >= 15 is 0 Å². The first kappa shape index (κ1) is 21.8. The summed E-state index contributed by atoms with van der Waals surface area (Å²) in [6, 6.07) is 15.2. The zero-order chi connectivity index (χ0) is 22.7. The van der Waals surface area contributed by atoms with Gasteiger partial charge < -0.3 is 9.88 Å². The number of sulfonamides is 1. The average Bonchev–Trinajstić information content (AvgIpc) is 3.10. The molecule has 0 fully saturated rings. The van der Waals surface area contributed by atoms with Crippen LogP contribution in [0.5, 0.6) is 0 Å². The monoisotopic (exact) mass is 468 g/mol. The van der Waals surface area contributed by atoms with Crippen molar-refractivity contribution in [3.05, 3.63) is 67.0 Å². The maximum Gasteiger partial charge on any atom is 0.264 e. The van der Waals surface area contributed by atoms with Crippen LogP contribution in [0.2, 0.25) is 0 Å². The highest BCUT2D eigenvalue weighted by atomic mass is 32.2. The molecular formula is C21H20N6O3S2. The number of nitrogens with zero attached hydrogens (tertiary/aromatic N) is 4. The van der Waals surface area contributed by atoms with Gasteiger partial charge in [0.05, 0.1) is 21.2 Å². The van der Waals surface area contributed by atoms with Gasteiger partial charge in [-0.25, -0.2) is 28.1 Å². The average molecular weight is 469 g/mol. The molecule has 11 heteroatoms. The number of amides is 1. The third kappa shape index (κ3) is 4.73. The molecule has 2 aromatic heterocycles. The second-order valence-electron chi connectivity index (χ2n) is 6.89. The van der Waals surface area contributed by atoms with Gasteiger partial charge in [0.1, 0.15) is 0 Å². The van der Waals surface area contributed by atoms with Crippen LogP contribution in [-0.4, -0.2) is 39.1 Å². The molecule has 0 radical (unpaired) electrons. The predicted octanol–water partition coefficient (Wildman–Crippen LogP) is 3.28. The highest BCUT2D eigenvalue weighted by molar-refractivity contribution is 8.00.